The minimum absolute atomic E-state index is 0.000459. The molecule has 2 aromatic rings. The molecule has 1 aliphatic rings. The van der Waals surface area contributed by atoms with Gasteiger partial charge in [0.15, 0.2) is 6.61 Å². The first-order valence-electron chi connectivity index (χ1n) is 8.74. The first-order valence-corrected chi connectivity index (χ1v) is 9.12. The summed E-state index contributed by atoms with van der Waals surface area (Å²) in [5.74, 6) is 0.547. The Morgan fingerprint density at radius 3 is 2.50 bits per heavy atom. The van der Waals surface area contributed by atoms with E-state index in [1.54, 1.807) is 0 Å². The van der Waals surface area contributed by atoms with Crippen LogP contribution < -0.4 is 10.1 Å². The lowest BCUT2D eigenvalue weighted by Gasteiger charge is -2.35. The zero-order chi connectivity index (χ0) is 18.2. The van der Waals surface area contributed by atoms with E-state index in [0.29, 0.717) is 30.5 Å². The number of hydrogen-bond acceptors (Lipinski definition) is 4. The molecular formula is C20H23ClN2O3. The number of morpholine rings is 1. The Bertz CT molecular complexity index is 688. The van der Waals surface area contributed by atoms with Gasteiger partial charge >= 0.3 is 0 Å². The number of nitrogens with one attached hydrogen (secondary N) is 1. The highest BCUT2D eigenvalue weighted by atomic mass is 35.5. The summed E-state index contributed by atoms with van der Waals surface area (Å²) in [5, 5.41) is 3.69. The van der Waals surface area contributed by atoms with E-state index >= 15 is 0 Å². The largest absolute Gasteiger partial charge is 0.484 e. The fourth-order valence-corrected chi connectivity index (χ4v) is 3.08. The van der Waals surface area contributed by atoms with Gasteiger partial charge < -0.3 is 14.8 Å². The Balaban J connectivity index is 1.58. The SMILES string of the molecule is O=C(COc1ccccc1)NC[C@H](c1ccc(Cl)cc1)N1CCOCC1. The third-order valence-electron chi connectivity index (χ3n) is 4.35. The number of carbonyl (C=O) groups is 1. The van der Waals surface area contributed by atoms with Crippen LogP contribution in [0.25, 0.3) is 0 Å². The smallest absolute Gasteiger partial charge is 0.258 e. The summed E-state index contributed by atoms with van der Waals surface area (Å²) in [7, 11) is 0. The van der Waals surface area contributed by atoms with Crippen molar-refractivity contribution in [1.29, 1.82) is 0 Å². The maximum Gasteiger partial charge on any atom is 0.258 e. The van der Waals surface area contributed by atoms with Gasteiger partial charge in [-0.25, -0.2) is 0 Å². The lowest BCUT2D eigenvalue weighted by molar-refractivity contribution is -0.123. The molecule has 6 heteroatoms. The zero-order valence-electron chi connectivity index (χ0n) is 14.6. The average molecular weight is 375 g/mol. The first kappa shape index (κ1) is 18.7. The van der Waals surface area contributed by atoms with E-state index in [2.05, 4.69) is 10.2 Å². The van der Waals surface area contributed by atoms with Gasteiger partial charge in [-0.3, -0.25) is 9.69 Å². The number of rotatable bonds is 7. The Kier molecular flexibility index (Phi) is 6.89. The Morgan fingerprint density at radius 1 is 1.12 bits per heavy atom. The van der Waals surface area contributed by atoms with E-state index < -0.39 is 0 Å². The molecule has 1 atom stereocenters. The van der Waals surface area contributed by atoms with Crippen molar-refractivity contribution in [3.05, 3.63) is 65.2 Å². The van der Waals surface area contributed by atoms with Gasteiger partial charge in [0, 0.05) is 24.7 Å². The molecule has 0 aromatic heterocycles. The van der Waals surface area contributed by atoms with Crippen LogP contribution >= 0.6 is 11.6 Å². The molecule has 0 radical (unpaired) electrons. The Hall–Kier alpha value is -2.08. The fourth-order valence-electron chi connectivity index (χ4n) is 2.96. The summed E-state index contributed by atoms with van der Waals surface area (Å²) in [6, 6.07) is 17.2. The summed E-state index contributed by atoms with van der Waals surface area (Å²) >= 11 is 6.01. The third kappa shape index (κ3) is 5.46. The summed E-state index contributed by atoms with van der Waals surface area (Å²) < 4.78 is 11.0. The second-order valence-corrected chi connectivity index (χ2v) is 6.56. The monoisotopic (exact) mass is 374 g/mol. The standard InChI is InChI=1S/C20H23ClN2O3/c21-17-8-6-16(7-9-17)19(23-10-12-25-13-11-23)14-22-20(24)15-26-18-4-2-1-3-5-18/h1-9,19H,10-15H2,(H,22,24)/t19-/m1/s1. The number of amides is 1. The number of nitrogens with zero attached hydrogens (tertiary/aromatic N) is 1. The number of carbonyl (C=O) groups excluding carboxylic acids is 1. The summed E-state index contributed by atoms with van der Waals surface area (Å²) in [6.45, 7) is 3.59. The van der Waals surface area contributed by atoms with E-state index in [1.165, 1.54) is 0 Å². The number of para-hydroxylation sites is 1. The number of hydrogen-bond donors (Lipinski definition) is 1. The molecule has 0 aliphatic carbocycles. The predicted octanol–water partition coefficient (Wildman–Crippen LogP) is 2.91. The molecule has 1 saturated heterocycles. The van der Waals surface area contributed by atoms with Crippen LogP contribution in [0.3, 0.4) is 0 Å². The lowest BCUT2D eigenvalue weighted by atomic mass is 10.0. The molecule has 1 N–H and O–H groups in total. The van der Waals surface area contributed by atoms with Gasteiger partial charge in [0.05, 0.1) is 19.3 Å². The van der Waals surface area contributed by atoms with E-state index in [-0.39, 0.29) is 18.6 Å². The predicted molar refractivity (Wildman–Crippen MR) is 102 cm³/mol. The second-order valence-electron chi connectivity index (χ2n) is 6.12. The van der Waals surface area contributed by atoms with E-state index in [4.69, 9.17) is 21.1 Å². The van der Waals surface area contributed by atoms with E-state index in [0.717, 1.165) is 18.7 Å². The van der Waals surface area contributed by atoms with Crippen LogP contribution in [0, 0.1) is 0 Å². The third-order valence-corrected chi connectivity index (χ3v) is 4.60. The van der Waals surface area contributed by atoms with Crippen molar-refractivity contribution in [1.82, 2.24) is 10.2 Å². The number of ether oxygens (including phenoxy) is 2. The van der Waals surface area contributed by atoms with Gasteiger partial charge in [-0.1, -0.05) is 41.9 Å². The lowest BCUT2D eigenvalue weighted by Crippen LogP contribution is -2.44. The van der Waals surface area contributed by atoms with Gasteiger partial charge in [-0.2, -0.15) is 0 Å². The molecule has 1 heterocycles. The fraction of sp³-hybridized carbons (Fsp3) is 0.350. The molecule has 1 fully saturated rings. The van der Waals surface area contributed by atoms with Crippen LogP contribution in [0.15, 0.2) is 54.6 Å². The molecular weight excluding hydrogens is 352 g/mol. The van der Waals surface area contributed by atoms with Crippen LogP contribution in [0.5, 0.6) is 5.75 Å². The molecule has 3 rings (SSSR count). The minimum Gasteiger partial charge on any atom is -0.484 e. The minimum atomic E-state index is -0.138. The van der Waals surface area contributed by atoms with Crippen molar-refractivity contribution >= 4 is 17.5 Å². The van der Waals surface area contributed by atoms with Crippen LogP contribution in [0.4, 0.5) is 0 Å². The van der Waals surface area contributed by atoms with Crippen LogP contribution in [0.1, 0.15) is 11.6 Å². The van der Waals surface area contributed by atoms with E-state index in [1.807, 2.05) is 54.6 Å². The first-order chi connectivity index (χ1) is 12.7. The van der Waals surface area contributed by atoms with Crippen LogP contribution in [-0.4, -0.2) is 50.3 Å². The highest BCUT2D eigenvalue weighted by Crippen LogP contribution is 2.23. The zero-order valence-corrected chi connectivity index (χ0v) is 15.3. The van der Waals surface area contributed by atoms with Crippen LogP contribution in [0.2, 0.25) is 5.02 Å². The van der Waals surface area contributed by atoms with Gasteiger partial charge in [-0.05, 0) is 29.8 Å². The summed E-state index contributed by atoms with van der Waals surface area (Å²) in [6.07, 6.45) is 0. The number of halogens is 1. The van der Waals surface area contributed by atoms with E-state index in [9.17, 15) is 4.79 Å². The maximum absolute atomic E-state index is 12.2. The molecule has 26 heavy (non-hydrogen) atoms. The Morgan fingerprint density at radius 2 is 1.81 bits per heavy atom. The average Bonchev–Trinajstić information content (AvgIpc) is 2.69. The molecule has 0 saturated carbocycles. The van der Waals surface area contributed by atoms with Crippen molar-refractivity contribution in [2.75, 3.05) is 39.5 Å². The highest BCUT2D eigenvalue weighted by Gasteiger charge is 2.23. The van der Waals surface area contributed by atoms with Gasteiger partial charge in [0.1, 0.15) is 5.75 Å². The molecule has 5 nitrogen and oxygen atoms in total. The molecule has 2 aromatic carbocycles. The van der Waals surface area contributed by atoms with Crippen molar-refractivity contribution in [2.45, 2.75) is 6.04 Å². The molecule has 1 amide bonds. The van der Waals surface area contributed by atoms with Gasteiger partial charge in [-0.15, -0.1) is 0 Å². The quantitative estimate of drug-likeness (QED) is 0.809. The van der Waals surface area contributed by atoms with Crippen molar-refractivity contribution in [3.8, 4) is 5.75 Å². The molecule has 1 aliphatic heterocycles. The molecule has 138 valence electrons. The molecule has 0 unspecified atom stereocenters. The topological polar surface area (TPSA) is 50.8 Å². The van der Waals surface area contributed by atoms with Crippen molar-refractivity contribution in [2.24, 2.45) is 0 Å². The normalized spacial score (nSPS) is 16.0. The van der Waals surface area contributed by atoms with Gasteiger partial charge in [0.2, 0.25) is 0 Å². The van der Waals surface area contributed by atoms with Gasteiger partial charge in [0.25, 0.3) is 5.91 Å². The highest BCUT2D eigenvalue weighted by molar-refractivity contribution is 6.30. The van der Waals surface area contributed by atoms with Crippen molar-refractivity contribution < 1.29 is 14.3 Å². The Labute approximate surface area is 158 Å². The molecule has 0 spiro atoms. The summed E-state index contributed by atoms with van der Waals surface area (Å²) in [4.78, 5) is 14.5. The molecule has 0 bridgehead atoms. The summed E-state index contributed by atoms with van der Waals surface area (Å²) in [5.41, 5.74) is 1.13. The van der Waals surface area contributed by atoms with Crippen LogP contribution in [-0.2, 0) is 9.53 Å². The van der Waals surface area contributed by atoms with Crippen molar-refractivity contribution in [3.63, 3.8) is 0 Å². The second kappa shape index (κ2) is 9.57. The number of benzene rings is 2. The maximum atomic E-state index is 12.2.